The molecule has 1 rings (SSSR count). The molecule has 1 fully saturated rings. The summed E-state index contributed by atoms with van der Waals surface area (Å²) in [4.78, 5) is 2.38. The zero-order valence-electron chi connectivity index (χ0n) is 7.06. The Morgan fingerprint density at radius 2 is 2.20 bits per heavy atom. The average Bonchev–Trinajstić information content (AvgIpc) is 1.85. The van der Waals surface area contributed by atoms with Crippen molar-refractivity contribution in [1.82, 2.24) is 10.2 Å². The fourth-order valence-electron chi connectivity index (χ4n) is 1.58. The molecule has 1 aliphatic rings. The van der Waals surface area contributed by atoms with Crippen molar-refractivity contribution in [2.75, 3.05) is 33.7 Å². The summed E-state index contributed by atoms with van der Waals surface area (Å²) >= 11 is 0. The van der Waals surface area contributed by atoms with Gasteiger partial charge in [-0.3, -0.25) is 0 Å². The zero-order valence-corrected chi connectivity index (χ0v) is 7.06. The molecule has 1 saturated heterocycles. The molecule has 1 heterocycles. The van der Waals surface area contributed by atoms with Gasteiger partial charge in [0.2, 0.25) is 0 Å². The highest BCUT2D eigenvalue weighted by Gasteiger charge is 2.21. The van der Waals surface area contributed by atoms with Crippen LogP contribution in [0.1, 0.15) is 12.8 Å². The first kappa shape index (κ1) is 8.02. The van der Waals surface area contributed by atoms with E-state index in [1.807, 2.05) is 7.05 Å². The maximum atomic E-state index is 3.17. The van der Waals surface area contributed by atoms with E-state index in [0.29, 0.717) is 0 Å². The van der Waals surface area contributed by atoms with Gasteiger partial charge in [0.05, 0.1) is 0 Å². The molecule has 10 heavy (non-hydrogen) atoms. The molecule has 0 saturated carbocycles. The minimum absolute atomic E-state index is 0.998. The second-order valence-electron chi connectivity index (χ2n) is 3.33. The van der Waals surface area contributed by atoms with Gasteiger partial charge in [0.1, 0.15) is 0 Å². The second kappa shape index (κ2) is 3.94. The molecule has 2 heteroatoms. The predicted molar refractivity (Wildman–Crippen MR) is 44.1 cm³/mol. The molecule has 60 valence electrons. The van der Waals surface area contributed by atoms with E-state index in [2.05, 4.69) is 17.3 Å². The van der Waals surface area contributed by atoms with Crippen LogP contribution in [0.2, 0.25) is 0 Å². The summed E-state index contributed by atoms with van der Waals surface area (Å²) in [7, 11) is 4.21. The summed E-state index contributed by atoms with van der Waals surface area (Å²) in [6.45, 7) is 3.83. The van der Waals surface area contributed by atoms with Crippen LogP contribution in [0.15, 0.2) is 0 Å². The Hall–Kier alpha value is -0.0800. The first-order valence-electron chi connectivity index (χ1n) is 4.16. The van der Waals surface area contributed by atoms with E-state index in [-0.39, 0.29) is 0 Å². The van der Waals surface area contributed by atoms with Gasteiger partial charge in [-0.15, -0.1) is 0 Å². The SMILES string of the molecule is CNCCCC1CN(C)C1. The molecule has 0 unspecified atom stereocenters. The Kier molecular flexibility index (Phi) is 3.16. The molecule has 0 aromatic heterocycles. The molecule has 0 aromatic carbocycles. The standard InChI is InChI=1S/C8H18N2/c1-9-5-3-4-8-6-10(2)7-8/h8-9H,3-7H2,1-2H3. The fourth-order valence-corrected chi connectivity index (χ4v) is 1.58. The summed E-state index contributed by atoms with van der Waals surface area (Å²) in [5, 5.41) is 3.17. The van der Waals surface area contributed by atoms with Gasteiger partial charge in [-0.1, -0.05) is 0 Å². The molecule has 2 nitrogen and oxygen atoms in total. The van der Waals surface area contributed by atoms with Crippen molar-refractivity contribution in [3.63, 3.8) is 0 Å². The third-order valence-corrected chi connectivity index (χ3v) is 2.18. The lowest BCUT2D eigenvalue weighted by atomic mass is 9.96. The van der Waals surface area contributed by atoms with E-state index < -0.39 is 0 Å². The Labute approximate surface area is 63.6 Å². The molecule has 0 atom stereocenters. The average molecular weight is 142 g/mol. The summed E-state index contributed by atoms with van der Waals surface area (Å²) < 4.78 is 0. The molecule has 0 radical (unpaired) electrons. The maximum Gasteiger partial charge on any atom is 0.00190 e. The van der Waals surface area contributed by atoms with Crippen molar-refractivity contribution in [3.8, 4) is 0 Å². The molecule has 0 bridgehead atoms. The van der Waals surface area contributed by atoms with Crippen LogP contribution in [0.5, 0.6) is 0 Å². The highest BCUT2D eigenvalue weighted by atomic mass is 15.2. The minimum Gasteiger partial charge on any atom is -0.320 e. The molecular formula is C8H18N2. The van der Waals surface area contributed by atoms with Crippen LogP contribution >= 0.6 is 0 Å². The molecule has 1 aliphatic heterocycles. The van der Waals surface area contributed by atoms with Gasteiger partial charge >= 0.3 is 0 Å². The quantitative estimate of drug-likeness (QED) is 0.577. The highest BCUT2D eigenvalue weighted by molar-refractivity contribution is 4.76. The van der Waals surface area contributed by atoms with Crippen molar-refractivity contribution in [2.45, 2.75) is 12.8 Å². The molecule has 0 amide bonds. The number of hydrogen-bond donors (Lipinski definition) is 1. The third-order valence-electron chi connectivity index (χ3n) is 2.18. The van der Waals surface area contributed by atoms with E-state index in [1.165, 1.54) is 32.5 Å². The van der Waals surface area contributed by atoms with Crippen LogP contribution in [0.3, 0.4) is 0 Å². The molecule has 1 N–H and O–H groups in total. The van der Waals surface area contributed by atoms with Gasteiger partial charge in [0, 0.05) is 13.1 Å². The summed E-state index contributed by atoms with van der Waals surface area (Å²) in [6.07, 6.45) is 2.75. The van der Waals surface area contributed by atoms with Gasteiger partial charge in [-0.05, 0) is 39.4 Å². The second-order valence-corrected chi connectivity index (χ2v) is 3.33. The van der Waals surface area contributed by atoms with Crippen molar-refractivity contribution in [1.29, 1.82) is 0 Å². The lowest BCUT2D eigenvalue weighted by Crippen LogP contribution is -2.43. The van der Waals surface area contributed by atoms with Crippen LogP contribution in [0.25, 0.3) is 0 Å². The van der Waals surface area contributed by atoms with E-state index in [4.69, 9.17) is 0 Å². The Morgan fingerprint density at radius 3 is 2.70 bits per heavy atom. The predicted octanol–water partition coefficient (Wildman–Crippen LogP) is 0.548. The monoisotopic (exact) mass is 142 g/mol. The summed E-state index contributed by atoms with van der Waals surface area (Å²) in [6, 6.07) is 0. The lowest BCUT2D eigenvalue weighted by molar-refractivity contribution is 0.125. The van der Waals surface area contributed by atoms with Crippen molar-refractivity contribution < 1.29 is 0 Å². The van der Waals surface area contributed by atoms with Crippen LogP contribution in [-0.2, 0) is 0 Å². The topological polar surface area (TPSA) is 15.3 Å². The lowest BCUT2D eigenvalue weighted by Gasteiger charge is -2.36. The maximum absolute atomic E-state index is 3.17. The van der Waals surface area contributed by atoms with Crippen molar-refractivity contribution >= 4 is 0 Å². The third kappa shape index (κ3) is 2.27. The van der Waals surface area contributed by atoms with E-state index in [0.717, 1.165) is 5.92 Å². The zero-order chi connectivity index (χ0) is 7.40. The normalized spacial score (nSPS) is 21.0. The van der Waals surface area contributed by atoms with Crippen LogP contribution < -0.4 is 5.32 Å². The highest BCUT2D eigenvalue weighted by Crippen LogP contribution is 2.17. The molecule has 0 spiro atoms. The Morgan fingerprint density at radius 1 is 1.50 bits per heavy atom. The summed E-state index contributed by atoms with van der Waals surface area (Å²) in [5.74, 6) is 0.998. The van der Waals surface area contributed by atoms with E-state index in [1.54, 1.807) is 0 Å². The molecule has 0 aromatic rings. The van der Waals surface area contributed by atoms with E-state index in [9.17, 15) is 0 Å². The smallest absolute Gasteiger partial charge is 0.00190 e. The van der Waals surface area contributed by atoms with Gasteiger partial charge in [-0.2, -0.15) is 0 Å². The number of hydrogen-bond acceptors (Lipinski definition) is 2. The fraction of sp³-hybridized carbons (Fsp3) is 1.00. The first-order chi connectivity index (χ1) is 4.83. The molecule has 0 aliphatic carbocycles. The number of nitrogens with one attached hydrogen (secondary N) is 1. The van der Waals surface area contributed by atoms with Gasteiger partial charge < -0.3 is 10.2 Å². The van der Waals surface area contributed by atoms with Gasteiger partial charge in [0.15, 0.2) is 0 Å². The van der Waals surface area contributed by atoms with E-state index >= 15 is 0 Å². The summed E-state index contributed by atoms with van der Waals surface area (Å²) in [5.41, 5.74) is 0. The van der Waals surface area contributed by atoms with Crippen molar-refractivity contribution in [3.05, 3.63) is 0 Å². The number of likely N-dealkylation sites (tertiary alicyclic amines) is 1. The number of nitrogens with zero attached hydrogens (tertiary/aromatic N) is 1. The Bertz CT molecular complexity index is 87.3. The van der Waals surface area contributed by atoms with Gasteiger partial charge in [0.25, 0.3) is 0 Å². The Balaban J connectivity index is 1.86. The largest absolute Gasteiger partial charge is 0.320 e. The minimum atomic E-state index is 0.998. The van der Waals surface area contributed by atoms with Crippen LogP contribution in [0, 0.1) is 5.92 Å². The van der Waals surface area contributed by atoms with Gasteiger partial charge in [-0.25, -0.2) is 0 Å². The van der Waals surface area contributed by atoms with Crippen molar-refractivity contribution in [2.24, 2.45) is 5.92 Å². The van der Waals surface area contributed by atoms with Crippen LogP contribution in [0.4, 0.5) is 0 Å². The van der Waals surface area contributed by atoms with Crippen LogP contribution in [-0.4, -0.2) is 38.6 Å². The first-order valence-corrected chi connectivity index (χ1v) is 4.16. The molecular weight excluding hydrogens is 124 g/mol. The number of rotatable bonds is 4.